The number of aliphatic hydroxyl groups is 1. The highest BCUT2D eigenvalue weighted by molar-refractivity contribution is 5.45. The molecule has 0 saturated heterocycles. The summed E-state index contributed by atoms with van der Waals surface area (Å²) in [6.45, 7) is 8.53. The molecule has 1 rings (SSSR count). The van der Waals surface area contributed by atoms with Crippen molar-refractivity contribution in [1.29, 1.82) is 0 Å². The Morgan fingerprint density at radius 3 is 2.18 bits per heavy atom. The second-order valence-electron chi connectivity index (χ2n) is 5.20. The highest BCUT2D eigenvalue weighted by atomic mass is 16.5. The highest BCUT2D eigenvalue weighted by Gasteiger charge is 2.18. The van der Waals surface area contributed by atoms with E-state index in [4.69, 9.17) is 9.47 Å². The Bertz CT molecular complexity index is 383. The molecule has 3 heteroatoms. The molecule has 0 aromatic heterocycles. The average Bonchev–Trinajstić information content (AvgIpc) is 2.29. The number of methoxy groups -OCH3 is 1. The van der Waals surface area contributed by atoms with Crippen LogP contribution in [0.25, 0.3) is 0 Å². The first-order valence-corrected chi connectivity index (χ1v) is 5.78. The Morgan fingerprint density at radius 1 is 1.12 bits per heavy atom. The van der Waals surface area contributed by atoms with Gasteiger partial charge >= 0.3 is 0 Å². The van der Waals surface area contributed by atoms with Crippen LogP contribution in [0.4, 0.5) is 0 Å². The second-order valence-corrected chi connectivity index (χ2v) is 5.20. The van der Waals surface area contributed by atoms with Gasteiger partial charge in [0.2, 0.25) is 0 Å². The smallest absolute Gasteiger partial charge is 0.122 e. The molecule has 1 aromatic carbocycles. The van der Waals surface area contributed by atoms with Crippen LogP contribution < -0.4 is 9.47 Å². The van der Waals surface area contributed by atoms with Gasteiger partial charge in [0.05, 0.1) is 20.3 Å². The summed E-state index contributed by atoms with van der Waals surface area (Å²) >= 11 is 0. The van der Waals surface area contributed by atoms with Gasteiger partial charge in [0.1, 0.15) is 11.5 Å². The van der Waals surface area contributed by atoms with E-state index < -0.39 is 0 Å². The first-order valence-electron chi connectivity index (χ1n) is 5.78. The molecule has 0 aliphatic rings. The third-order valence-corrected chi connectivity index (χ3v) is 2.74. The van der Waals surface area contributed by atoms with Crippen LogP contribution >= 0.6 is 0 Å². The van der Waals surface area contributed by atoms with Gasteiger partial charge < -0.3 is 14.6 Å². The largest absolute Gasteiger partial charge is 0.496 e. The Labute approximate surface area is 103 Å². The zero-order valence-corrected chi connectivity index (χ0v) is 11.3. The molecule has 0 aliphatic carbocycles. The zero-order valence-electron chi connectivity index (χ0n) is 11.3. The maximum absolute atomic E-state index is 9.18. The summed E-state index contributed by atoms with van der Waals surface area (Å²) in [6, 6.07) is 3.94. The van der Waals surface area contributed by atoms with Gasteiger partial charge in [-0.05, 0) is 37.1 Å². The van der Waals surface area contributed by atoms with Crippen molar-refractivity contribution in [1.82, 2.24) is 0 Å². The van der Waals surface area contributed by atoms with E-state index in [1.807, 2.05) is 39.8 Å². The minimum Gasteiger partial charge on any atom is -0.496 e. The van der Waals surface area contributed by atoms with Crippen molar-refractivity contribution < 1.29 is 14.6 Å². The molecule has 0 saturated carbocycles. The van der Waals surface area contributed by atoms with Gasteiger partial charge in [0.15, 0.2) is 0 Å². The summed E-state index contributed by atoms with van der Waals surface area (Å²) < 4.78 is 11.0. The fourth-order valence-corrected chi connectivity index (χ4v) is 1.46. The van der Waals surface area contributed by atoms with Crippen LogP contribution in [0.1, 0.15) is 25.0 Å². The molecule has 1 aromatic rings. The van der Waals surface area contributed by atoms with Crippen molar-refractivity contribution in [2.45, 2.75) is 27.7 Å². The molecular weight excluding hydrogens is 216 g/mol. The van der Waals surface area contributed by atoms with Crippen molar-refractivity contribution in [2.75, 3.05) is 20.3 Å². The van der Waals surface area contributed by atoms with Crippen LogP contribution in [0.3, 0.4) is 0 Å². The van der Waals surface area contributed by atoms with Crippen LogP contribution in [0.5, 0.6) is 11.5 Å². The molecule has 0 atom stereocenters. The number of rotatable bonds is 5. The first kappa shape index (κ1) is 13.8. The number of aryl methyl sites for hydroxylation is 2. The lowest BCUT2D eigenvalue weighted by Crippen LogP contribution is -2.25. The number of benzene rings is 1. The minimum absolute atomic E-state index is 0.112. The molecule has 0 amide bonds. The third-order valence-electron chi connectivity index (χ3n) is 2.74. The first-order chi connectivity index (χ1) is 7.89. The molecule has 0 fully saturated rings. The average molecular weight is 238 g/mol. The van der Waals surface area contributed by atoms with Gasteiger partial charge in [-0.2, -0.15) is 0 Å². The molecule has 17 heavy (non-hydrogen) atoms. The Morgan fingerprint density at radius 2 is 1.65 bits per heavy atom. The van der Waals surface area contributed by atoms with E-state index in [1.165, 1.54) is 0 Å². The number of hydrogen-bond donors (Lipinski definition) is 1. The van der Waals surface area contributed by atoms with Gasteiger partial charge in [-0.3, -0.25) is 0 Å². The van der Waals surface area contributed by atoms with Crippen molar-refractivity contribution in [3.05, 3.63) is 23.3 Å². The predicted molar refractivity (Wildman–Crippen MR) is 68.8 cm³/mol. The lowest BCUT2D eigenvalue weighted by Gasteiger charge is -2.23. The SMILES string of the molecule is COc1cc(C)c(OCC(C)(C)CO)cc1C. The standard InChI is InChI=1S/C14H22O3/c1-10-7-13(11(2)6-12(10)16-5)17-9-14(3,4)8-15/h6-7,15H,8-9H2,1-5H3. The van der Waals surface area contributed by atoms with Crippen LogP contribution in [0, 0.1) is 19.3 Å². The topological polar surface area (TPSA) is 38.7 Å². The van der Waals surface area contributed by atoms with Crippen LogP contribution in [0.2, 0.25) is 0 Å². The normalized spacial score (nSPS) is 11.4. The third kappa shape index (κ3) is 3.63. The lowest BCUT2D eigenvalue weighted by atomic mass is 9.96. The zero-order chi connectivity index (χ0) is 13.1. The maximum Gasteiger partial charge on any atom is 0.122 e. The van der Waals surface area contributed by atoms with E-state index in [2.05, 4.69) is 0 Å². The summed E-state index contributed by atoms with van der Waals surface area (Å²) in [5.41, 5.74) is 1.87. The lowest BCUT2D eigenvalue weighted by molar-refractivity contribution is 0.0971. The minimum atomic E-state index is -0.222. The summed E-state index contributed by atoms with van der Waals surface area (Å²) in [7, 11) is 1.66. The van der Waals surface area contributed by atoms with Gasteiger partial charge in [-0.1, -0.05) is 13.8 Å². The van der Waals surface area contributed by atoms with E-state index in [9.17, 15) is 5.11 Å². The van der Waals surface area contributed by atoms with Gasteiger partial charge in [-0.25, -0.2) is 0 Å². The fraction of sp³-hybridized carbons (Fsp3) is 0.571. The predicted octanol–water partition coefficient (Wildman–Crippen LogP) is 2.71. The second kappa shape index (κ2) is 5.41. The Kier molecular flexibility index (Phi) is 4.40. The molecule has 0 bridgehead atoms. The molecule has 0 spiro atoms. The van der Waals surface area contributed by atoms with E-state index in [0.717, 1.165) is 22.6 Å². The number of aliphatic hydroxyl groups excluding tert-OH is 1. The molecule has 1 N–H and O–H groups in total. The van der Waals surface area contributed by atoms with E-state index in [-0.39, 0.29) is 12.0 Å². The van der Waals surface area contributed by atoms with Crippen molar-refractivity contribution in [2.24, 2.45) is 5.41 Å². The summed E-state index contributed by atoms with van der Waals surface area (Å²) in [5.74, 6) is 1.72. The molecule has 0 aliphatic heterocycles. The highest BCUT2D eigenvalue weighted by Crippen LogP contribution is 2.28. The van der Waals surface area contributed by atoms with Crippen LogP contribution in [0.15, 0.2) is 12.1 Å². The molecular formula is C14H22O3. The summed E-state index contributed by atoms with van der Waals surface area (Å²) in [4.78, 5) is 0. The quantitative estimate of drug-likeness (QED) is 0.857. The van der Waals surface area contributed by atoms with E-state index in [0.29, 0.717) is 6.61 Å². The summed E-state index contributed by atoms with van der Waals surface area (Å²) in [5, 5.41) is 9.18. The van der Waals surface area contributed by atoms with E-state index in [1.54, 1.807) is 7.11 Å². The summed E-state index contributed by atoms with van der Waals surface area (Å²) in [6.07, 6.45) is 0. The van der Waals surface area contributed by atoms with Crippen molar-refractivity contribution in [3.63, 3.8) is 0 Å². The number of ether oxygens (including phenoxy) is 2. The van der Waals surface area contributed by atoms with Gasteiger partial charge in [-0.15, -0.1) is 0 Å². The molecule has 3 nitrogen and oxygen atoms in total. The molecule has 0 radical (unpaired) electrons. The Balaban J connectivity index is 2.82. The van der Waals surface area contributed by atoms with Crippen LogP contribution in [-0.2, 0) is 0 Å². The molecule has 96 valence electrons. The van der Waals surface area contributed by atoms with Gasteiger partial charge in [0, 0.05) is 5.41 Å². The fourth-order valence-electron chi connectivity index (χ4n) is 1.46. The van der Waals surface area contributed by atoms with Crippen molar-refractivity contribution >= 4 is 0 Å². The monoisotopic (exact) mass is 238 g/mol. The maximum atomic E-state index is 9.18. The number of hydrogen-bond acceptors (Lipinski definition) is 3. The Hall–Kier alpha value is -1.22. The van der Waals surface area contributed by atoms with Crippen molar-refractivity contribution in [3.8, 4) is 11.5 Å². The molecule has 0 heterocycles. The van der Waals surface area contributed by atoms with Gasteiger partial charge in [0.25, 0.3) is 0 Å². The van der Waals surface area contributed by atoms with E-state index >= 15 is 0 Å². The molecule has 0 unspecified atom stereocenters. The van der Waals surface area contributed by atoms with Crippen LogP contribution in [-0.4, -0.2) is 25.4 Å².